The number of aryl methyl sites for hydroxylation is 1. The van der Waals surface area contributed by atoms with Crippen LogP contribution in [0.25, 0.3) is 11.4 Å². The number of nitrogens with one attached hydrogen (secondary N) is 1. The Balaban J connectivity index is 1.73. The Labute approximate surface area is 151 Å². The minimum Gasteiger partial charge on any atom is -0.356 e. The lowest BCUT2D eigenvalue weighted by molar-refractivity contribution is -0.0917. The van der Waals surface area contributed by atoms with Crippen LogP contribution in [0.4, 0.5) is 5.82 Å². The molecule has 1 aliphatic rings. The molecule has 2 N–H and O–H groups in total. The SMILES string of the molecule is Cc1ccc(-c2nc(N3CCC(NN(O)C#N)CC3)ccc2Cl)nc1. The van der Waals surface area contributed by atoms with Gasteiger partial charge in [0.15, 0.2) is 0 Å². The zero-order valence-electron chi connectivity index (χ0n) is 13.9. The van der Waals surface area contributed by atoms with Gasteiger partial charge in [-0.3, -0.25) is 10.2 Å². The van der Waals surface area contributed by atoms with E-state index < -0.39 is 0 Å². The number of hydrogen-bond donors (Lipinski definition) is 2. The van der Waals surface area contributed by atoms with Crippen molar-refractivity contribution in [3.63, 3.8) is 0 Å². The molecule has 0 aromatic carbocycles. The van der Waals surface area contributed by atoms with Crippen molar-refractivity contribution in [2.24, 2.45) is 0 Å². The van der Waals surface area contributed by atoms with Crippen LogP contribution in [-0.4, -0.2) is 39.5 Å². The number of pyridine rings is 2. The Kier molecular flexibility index (Phi) is 5.34. The zero-order valence-corrected chi connectivity index (χ0v) is 14.6. The lowest BCUT2D eigenvalue weighted by atomic mass is 10.1. The van der Waals surface area contributed by atoms with Crippen LogP contribution < -0.4 is 10.3 Å². The summed E-state index contributed by atoms with van der Waals surface area (Å²) in [4.78, 5) is 11.3. The van der Waals surface area contributed by atoms with Crippen LogP contribution in [-0.2, 0) is 0 Å². The van der Waals surface area contributed by atoms with Gasteiger partial charge in [-0.1, -0.05) is 17.7 Å². The van der Waals surface area contributed by atoms with Crippen molar-refractivity contribution >= 4 is 17.4 Å². The van der Waals surface area contributed by atoms with Gasteiger partial charge in [0.1, 0.15) is 11.5 Å². The molecule has 7 nitrogen and oxygen atoms in total. The van der Waals surface area contributed by atoms with E-state index in [0.717, 1.165) is 43.0 Å². The van der Waals surface area contributed by atoms with Gasteiger partial charge in [0.25, 0.3) is 0 Å². The molecule has 1 fully saturated rings. The lowest BCUT2D eigenvalue weighted by Crippen LogP contribution is -2.47. The fourth-order valence-corrected chi connectivity index (χ4v) is 3.04. The largest absolute Gasteiger partial charge is 0.356 e. The van der Waals surface area contributed by atoms with Crippen LogP contribution in [0.15, 0.2) is 30.5 Å². The highest BCUT2D eigenvalue weighted by Gasteiger charge is 2.22. The molecule has 2 aromatic heterocycles. The van der Waals surface area contributed by atoms with Gasteiger partial charge in [0, 0.05) is 25.3 Å². The van der Waals surface area contributed by atoms with Crippen molar-refractivity contribution in [3.05, 3.63) is 41.0 Å². The summed E-state index contributed by atoms with van der Waals surface area (Å²) >= 11 is 6.31. The number of hydrazine groups is 1. The highest BCUT2D eigenvalue weighted by molar-refractivity contribution is 6.33. The number of halogens is 1. The number of rotatable bonds is 4. The lowest BCUT2D eigenvalue weighted by Gasteiger charge is -2.33. The topological polar surface area (TPSA) is 88.3 Å². The molecule has 0 bridgehead atoms. The first kappa shape index (κ1) is 17.4. The Morgan fingerprint density at radius 3 is 2.72 bits per heavy atom. The van der Waals surface area contributed by atoms with Crippen molar-refractivity contribution in [1.29, 1.82) is 5.26 Å². The molecule has 2 aromatic rings. The third kappa shape index (κ3) is 4.17. The molecule has 0 aliphatic carbocycles. The summed E-state index contributed by atoms with van der Waals surface area (Å²) in [6.07, 6.45) is 5.01. The van der Waals surface area contributed by atoms with Gasteiger partial charge in [-0.15, -0.1) is 5.17 Å². The van der Waals surface area contributed by atoms with Crippen LogP contribution in [0.1, 0.15) is 18.4 Å². The van der Waals surface area contributed by atoms with Crippen molar-refractivity contribution in [2.45, 2.75) is 25.8 Å². The maximum atomic E-state index is 9.22. The van der Waals surface area contributed by atoms with E-state index in [0.29, 0.717) is 15.9 Å². The van der Waals surface area contributed by atoms with Crippen LogP contribution in [0.5, 0.6) is 0 Å². The maximum absolute atomic E-state index is 9.22. The van der Waals surface area contributed by atoms with Gasteiger partial charge in [-0.25, -0.2) is 4.98 Å². The molecule has 3 heterocycles. The highest BCUT2D eigenvalue weighted by atomic mass is 35.5. The number of piperidine rings is 1. The van der Waals surface area contributed by atoms with Gasteiger partial charge in [0.2, 0.25) is 6.19 Å². The molecule has 0 atom stereocenters. The third-order valence-electron chi connectivity index (χ3n) is 4.20. The molecular weight excluding hydrogens is 340 g/mol. The van der Waals surface area contributed by atoms with Crippen LogP contribution in [0.2, 0.25) is 5.02 Å². The fraction of sp³-hybridized carbons (Fsp3) is 0.353. The second-order valence-electron chi connectivity index (χ2n) is 6.02. The number of nitriles is 1. The number of nitrogens with zero attached hydrogens (tertiary/aromatic N) is 5. The predicted molar refractivity (Wildman–Crippen MR) is 94.8 cm³/mol. The minimum atomic E-state index is 0.0615. The molecule has 0 radical (unpaired) electrons. The predicted octanol–water partition coefficient (Wildman–Crippen LogP) is 2.75. The number of hydroxylamine groups is 1. The molecule has 3 rings (SSSR count). The van der Waals surface area contributed by atoms with Crippen molar-refractivity contribution in [2.75, 3.05) is 18.0 Å². The molecule has 25 heavy (non-hydrogen) atoms. The standard InChI is InChI=1S/C17H19ClN6O/c1-12-2-4-15(20-10-12)17-14(18)3-5-16(21-17)23-8-6-13(7-9-23)22-24(25)11-19/h2-5,10,13,22,25H,6-9H2,1H3. The van der Waals surface area contributed by atoms with Crippen molar-refractivity contribution in [1.82, 2.24) is 20.6 Å². The summed E-state index contributed by atoms with van der Waals surface area (Å²) in [5, 5.41) is 18.9. The van der Waals surface area contributed by atoms with Crippen LogP contribution >= 0.6 is 11.6 Å². The summed E-state index contributed by atoms with van der Waals surface area (Å²) in [5.74, 6) is 0.848. The van der Waals surface area contributed by atoms with Gasteiger partial charge < -0.3 is 4.90 Å². The van der Waals surface area contributed by atoms with Crippen LogP contribution in [0.3, 0.4) is 0 Å². The quantitative estimate of drug-likeness (QED) is 0.493. The Bertz CT molecular complexity index is 768. The maximum Gasteiger partial charge on any atom is 0.222 e. The van der Waals surface area contributed by atoms with Gasteiger partial charge in [-0.05, 0) is 43.5 Å². The summed E-state index contributed by atoms with van der Waals surface area (Å²) in [5.41, 5.74) is 5.25. The number of hydrogen-bond acceptors (Lipinski definition) is 7. The van der Waals surface area contributed by atoms with Gasteiger partial charge >= 0.3 is 0 Å². The van der Waals surface area contributed by atoms with E-state index >= 15 is 0 Å². The normalized spacial score (nSPS) is 15.0. The molecule has 0 spiro atoms. The van der Waals surface area contributed by atoms with Crippen molar-refractivity contribution in [3.8, 4) is 17.6 Å². The average Bonchev–Trinajstić information content (AvgIpc) is 2.63. The fourth-order valence-electron chi connectivity index (χ4n) is 2.83. The Morgan fingerprint density at radius 2 is 2.08 bits per heavy atom. The molecule has 1 aliphatic heterocycles. The molecule has 1 saturated heterocycles. The average molecular weight is 359 g/mol. The molecule has 8 heteroatoms. The second kappa shape index (κ2) is 7.66. The summed E-state index contributed by atoms with van der Waals surface area (Å²) < 4.78 is 0. The minimum absolute atomic E-state index is 0.0615. The number of anilines is 1. The van der Waals surface area contributed by atoms with Crippen LogP contribution in [0, 0.1) is 18.4 Å². The van der Waals surface area contributed by atoms with E-state index in [2.05, 4.69) is 15.3 Å². The van der Waals surface area contributed by atoms with E-state index in [1.54, 1.807) is 12.4 Å². The van der Waals surface area contributed by atoms with Gasteiger partial charge in [0.05, 0.1) is 10.7 Å². The first-order valence-corrected chi connectivity index (χ1v) is 8.44. The first-order valence-electron chi connectivity index (χ1n) is 8.06. The molecular formula is C17H19ClN6O. The zero-order chi connectivity index (χ0) is 17.8. The second-order valence-corrected chi connectivity index (χ2v) is 6.43. The van der Waals surface area contributed by atoms with E-state index in [1.807, 2.05) is 31.2 Å². The monoisotopic (exact) mass is 358 g/mol. The van der Waals surface area contributed by atoms with Gasteiger partial charge in [-0.2, -0.15) is 10.7 Å². The summed E-state index contributed by atoms with van der Waals surface area (Å²) in [6, 6.07) is 7.71. The smallest absolute Gasteiger partial charge is 0.222 e. The third-order valence-corrected chi connectivity index (χ3v) is 4.51. The highest BCUT2D eigenvalue weighted by Crippen LogP contribution is 2.28. The van der Waals surface area contributed by atoms with E-state index in [1.165, 1.54) is 0 Å². The summed E-state index contributed by atoms with van der Waals surface area (Å²) in [6.45, 7) is 3.53. The molecule has 0 amide bonds. The van der Waals surface area contributed by atoms with Crippen molar-refractivity contribution < 1.29 is 5.21 Å². The van der Waals surface area contributed by atoms with E-state index in [9.17, 15) is 5.21 Å². The van der Waals surface area contributed by atoms with E-state index in [-0.39, 0.29) is 6.04 Å². The first-order chi connectivity index (χ1) is 12.1. The molecule has 0 unspecified atom stereocenters. The molecule has 0 saturated carbocycles. The van der Waals surface area contributed by atoms with E-state index in [4.69, 9.17) is 21.8 Å². The Hall–Kier alpha value is -2.40. The summed E-state index contributed by atoms with van der Waals surface area (Å²) in [7, 11) is 0. The number of aromatic nitrogens is 2. The Morgan fingerprint density at radius 1 is 1.32 bits per heavy atom. The molecule has 130 valence electrons.